The highest BCUT2D eigenvalue weighted by Crippen LogP contribution is 2.27. The summed E-state index contributed by atoms with van der Waals surface area (Å²) in [5.41, 5.74) is 1.60. The van der Waals surface area contributed by atoms with Crippen molar-refractivity contribution in [3.8, 4) is 0 Å². The van der Waals surface area contributed by atoms with E-state index in [4.69, 9.17) is 0 Å². The Hall–Kier alpha value is -1.20. The van der Waals surface area contributed by atoms with Gasteiger partial charge in [-0.2, -0.15) is 0 Å². The van der Waals surface area contributed by atoms with Crippen LogP contribution in [0.25, 0.3) is 6.08 Å². The number of nitro benzene ring substituents is 1. The highest BCUT2D eigenvalue weighted by molar-refractivity contribution is 9.10. The van der Waals surface area contributed by atoms with Gasteiger partial charge >= 0.3 is 0 Å². The van der Waals surface area contributed by atoms with E-state index in [1.807, 2.05) is 13.8 Å². The van der Waals surface area contributed by atoms with Crippen molar-refractivity contribution in [2.24, 2.45) is 5.92 Å². The summed E-state index contributed by atoms with van der Waals surface area (Å²) >= 11 is 3.13. The Morgan fingerprint density at radius 2 is 2.24 bits per heavy atom. The van der Waals surface area contributed by atoms with E-state index < -0.39 is 4.92 Å². The molecule has 0 amide bonds. The van der Waals surface area contributed by atoms with Crippen LogP contribution >= 0.6 is 15.9 Å². The fraction of sp³-hybridized carbons (Fsp3) is 0.333. The van der Waals surface area contributed by atoms with Crippen LogP contribution in [-0.2, 0) is 0 Å². The van der Waals surface area contributed by atoms with Gasteiger partial charge in [0.05, 0.1) is 16.0 Å². The van der Waals surface area contributed by atoms with Gasteiger partial charge in [-0.15, -0.1) is 0 Å². The van der Waals surface area contributed by atoms with E-state index in [0.29, 0.717) is 4.47 Å². The first-order chi connectivity index (χ1) is 7.95. The van der Waals surface area contributed by atoms with Crippen molar-refractivity contribution in [1.82, 2.24) is 0 Å². The summed E-state index contributed by atoms with van der Waals surface area (Å²) in [7, 11) is 0. The molecule has 0 heterocycles. The minimum Gasteiger partial charge on any atom is -0.392 e. The first-order valence-corrected chi connectivity index (χ1v) is 6.00. The third-order valence-electron chi connectivity index (χ3n) is 2.44. The molecule has 0 atom stereocenters. The molecule has 0 aliphatic heterocycles. The summed E-state index contributed by atoms with van der Waals surface area (Å²) in [5.74, 6) is 0.211. The molecule has 0 bridgehead atoms. The first kappa shape index (κ1) is 13.9. The Kier molecular flexibility index (Phi) is 4.84. The molecule has 1 rings (SSSR count). The summed E-state index contributed by atoms with van der Waals surface area (Å²) in [5, 5.41) is 19.9. The molecule has 0 spiro atoms. The molecule has 0 aromatic heterocycles. The average molecular weight is 300 g/mol. The van der Waals surface area contributed by atoms with Crippen LogP contribution < -0.4 is 0 Å². The second kappa shape index (κ2) is 5.93. The SMILES string of the molecule is CC(C)C(=Cc1ccc(Br)c([N+](=O)[O-])c1)CO. The minimum atomic E-state index is -0.435. The van der Waals surface area contributed by atoms with Gasteiger partial charge in [0.1, 0.15) is 0 Å². The maximum atomic E-state index is 10.8. The third kappa shape index (κ3) is 3.64. The predicted molar refractivity (Wildman–Crippen MR) is 70.7 cm³/mol. The predicted octanol–water partition coefficient (Wildman–Crippen LogP) is 3.39. The van der Waals surface area contributed by atoms with Crippen LogP contribution in [0.2, 0.25) is 0 Å². The van der Waals surface area contributed by atoms with Crippen molar-refractivity contribution in [3.63, 3.8) is 0 Å². The fourth-order valence-corrected chi connectivity index (χ4v) is 1.76. The number of rotatable bonds is 4. The number of nitrogens with zero attached hydrogens (tertiary/aromatic N) is 1. The van der Waals surface area contributed by atoms with Gasteiger partial charge in [-0.3, -0.25) is 10.1 Å². The highest BCUT2D eigenvalue weighted by atomic mass is 79.9. The van der Waals surface area contributed by atoms with Gasteiger partial charge in [0.2, 0.25) is 0 Å². The van der Waals surface area contributed by atoms with Gasteiger partial charge in [0, 0.05) is 6.07 Å². The van der Waals surface area contributed by atoms with Crippen molar-refractivity contribution in [1.29, 1.82) is 0 Å². The lowest BCUT2D eigenvalue weighted by atomic mass is 10.0. The van der Waals surface area contributed by atoms with Crippen molar-refractivity contribution in [2.45, 2.75) is 13.8 Å². The van der Waals surface area contributed by atoms with Crippen LogP contribution in [0.4, 0.5) is 5.69 Å². The number of halogens is 1. The molecule has 92 valence electrons. The van der Waals surface area contributed by atoms with Gasteiger partial charge in [0.15, 0.2) is 0 Å². The van der Waals surface area contributed by atoms with Crippen LogP contribution in [0.5, 0.6) is 0 Å². The van der Waals surface area contributed by atoms with Gasteiger partial charge in [0.25, 0.3) is 5.69 Å². The topological polar surface area (TPSA) is 63.4 Å². The summed E-state index contributed by atoms with van der Waals surface area (Å²) in [6, 6.07) is 4.90. The molecule has 1 aromatic carbocycles. The van der Waals surface area contributed by atoms with E-state index in [1.165, 1.54) is 6.07 Å². The van der Waals surface area contributed by atoms with E-state index in [9.17, 15) is 15.2 Å². The standard InChI is InChI=1S/C12H14BrNO3/c1-8(2)10(7-15)5-9-3-4-11(13)12(6-9)14(16)17/h3-6,8,15H,7H2,1-2H3. The molecule has 0 fully saturated rings. The van der Waals surface area contributed by atoms with Crippen molar-refractivity contribution in [2.75, 3.05) is 6.61 Å². The number of benzene rings is 1. The molecule has 0 radical (unpaired) electrons. The van der Waals surface area contributed by atoms with Gasteiger partial charge < -0.3 is 5.11 Å². The molecule has 0 saturated heterocycles. The van der Waals surface area contributed by atoms with Gasteiger partial charge in [-0.25, -0.2) is 0 Å². The molecule has 1 aromatic rings. The Labute approximate surface area is 108 Å². The summed E-state index contributed by atoms with van der Waals surface area (Å²) < 4.78 is 0.453. The largest absolute Gasteiger partial charge is 0.392 e. The molecular weight excluding hydrogens is 286 g/mol. The van der Waals surface area contributed by atoms with Crippen molar-refractivity contribution < 1.29 is 10.0 Å². The number of hydrogen-bond acceptors (Lipinski definition) is 3. The molecule has 0 aliphatic rings. The van der Waals surface area contributed by atoms with E-state index in [1.54, 1.807) is 18.2 Å². The molecule has 0 aliphatic carbocycles. The Morgan fingerprint density at radius 3 is 2.71 bits per heavy atom. The van der Waals surface area contributed by atoms with Crippen LogP contribution in [0.15, 0.2) is 28.2 Å². The number of hydrogen-bond donors (Lipinski definition) is 1. The number of nitro groups is 1. The first-order valence-electron chi connectivity index (χ1n) is 5.21. The lowest BCUT2D eigenvalue weighted by molar-refractivity contribution is -0.385. The minimum absolute atomic E-state index is 0.0276. The molecule has 5 heteroatoms. The zero-order valence-corrected chi connectivity index (χ0v) is 11.3. The summed E-state index contributed by atoms with van der Waals surface area (Å²) in [6.45, 7) is 3.90. The molecule has 0 unspecified atom stereocenters. The zero-order valence-electron chi connectivity index (χ0n) is 9.68. The third-order valence-corrected chi connectivity index (χ3v) is 3.11. The van der Waals surface area contributed by atoms with Crippen molar-refractivity contribution >= 4 is 27.7 Å². The second-order valence-corrected chi connectivity index (χ2v) is 4.85. The molecule has 17 heavy (non-hydrogen) atoms. The molecule has 4 nitrogen and oxygen atoms in total. The van der Waals surface area contributed by atoms with Crippen LogP contribution in [0, 0.1) is 16.0 Å². The number of aliphatic hydroxyl groups is 1. The van der Waals surface area contributed by atoms with E-state index >= 15 is 0 Å². The summed E-state index contributed by atoms with van der Waals surface area (Å²) in [4.78, 5) is 10.3. The van der Waals surface area contributed by atoms with E-state index in [2.05, 4.69) is 15.9 Å². The maximum Gasteiger partial charge on any atom is 0.284 e. The van der Waals surface area contributed by atoms with E-state index in [0.717, 1.165) is 11.1 Å². The summed E-state index contributed by atoms with van der Waals surface area (Å²) in [6.07, 6.45) is 1.78. The normalized spacial score (nSPS) is 11.9. The molecule has 0 saturated carbocycles. The Balaban J connectivity index is 3.16. The Bertz CT molecular complexity index is 455. The monoisotopic (exact) mass is 299 g/mol. The van der Waals surface area contributed by atoms with E-state index in [-0.39, 0.29) is 18.2 Å². The van der Waals surface area contributed by atoms with Crippen molar-refractivity contribution in [3.05, 3.63) is 43.9 Å². The zero-order chi connectivity index (χ0) is 13.0. The van der Waals surface area contributed by atoms with Crippen LogP contribution in [0.1, 0.15) is 19.4 Å². The van der Waals surface area contributed by atoms with Gasteiger partial charge in [-0.05, 0) is 39.1 Å². The maximum absolute atomic E-state index is 10.8. The Morgan fingerprint density at radius 1 is 1.59 bits per heavy atom. The highest BCUT2D eigenvalue weighted by Gasteiger charge is 2.12. The smallest absolute Gasteiger partial charge is 0.284 e. The lowest BCUT2D eigenvalue weighted by Gasteiger charge is -2.08. The van der Waals surface area contributed by atoms with Gasteiger partial charge in [-0.1, -0.05) is 26.0 Å². The lowest BCUT2D eigenvalue weighted by Crippen LogP contribution is -1.99. The van der Waals surface area contributed by atoms with Crippen LogP contribution in [0.3, 0.4) is 0 Å². The molecular formula is C12H14BrNO3. The average Bonchev–Trinajstić information content (AvgIpc) is 2.27. The molecule has 1 N–H and O–H groups in total. The fourth-order valence-electron chi connectivity index (χ4n) is 1.37. The number of aliphatic hydroxyl groups excluding tert-OH is 1. The second-order valence-electron chi connectivity index (χ2n) is 4.00. The quantitative estimate of drug-likeness (QED) is 0.684. The van der Waals surface area contributed by atoms with Crippen LogP contribution in [-0.4, -0.2) is 16.6 Å².